The van der Waals surface area contributed by atoms with Crippen LogP contribution in [0.2, 0.25) is 0 Å². The van der Waals surface area contributed by atoms with Gasteiger partial charge in [-0.15, -0.1) is 0 Å². The number of morpholine rings is 1. The minimum atomic E-state index is 0. The highest BCUT2D eigenvalue weighted by molar-refractivity contribution is 9.10. The molecule has 0 aromatic heterocycles. The van der Waals surface area contributed by atoms with Crippen molar-refractivity contribution in [2.75, 3.05) is 60.3 Å². The Labute approximate surface area is 219 Å². The van der Waals surface area contributed by atoms with Crippen molar-refractivity contribution in [3.05, 3.63) is 22.2 Å². The Morgan fingerprint density at radius 2 is 1.76 bits per heavy atom. The zero-order chi connectivity index (χ0) is 22.8. The lowest BCUT2D eigenvalue weighted by atomic mass is 9.45. The largest absolute Gasteiger partial charge is 1.00 e. The first kappa shape index (κ1) is 27.3. The molecule has 4 aliphatic rings. The van der Waals surface area contributed by atoms with Gasteiger partial charge >= 0.3 is 0 Å². The Bertz CT molecular complexity index is 780. The van der Waals surface area contributed by atoms with Gasteiger partial charge in [0.25, 0.3) is 0 Å². The lowest BCUT2D eigenvalue weighted by molar-refractivity contribution is -0.947. The molecule has 1 aromatic carbocycles. The van der Waals surface area contributed by atoms with Crippen LogP contribution in [0.5, 0.6) is 11.5 Å². The van der Waals surface area contributed by atoms with E-state index in [4.69, 9.17) is 18.9 Å². The summed E-state index contributed by atoms with van der Waals surface area (Å²) in [6, 6.07) is 4.12. The van der Waals surface area contributed by atoms with E-state index < -0.39 is 0 Å². The molecule has 0 spiro atoms. The summed E-state index contributed by atoms with van der Waals surface area (Å²) in [4.78, 5) is 0. The van der Waals surface area contributed by atoms with E-state index in [0.717, 1.165) is 90.8 Å². The van der Waals surface area contributed by atoms with E-state index >= 15 is 0 Å². The summed E-state index contributed by atoms with van der Waals surface area (Å²) in [7, 11) is 3.37. The molecule has 188 valence electrons. The summed E-state index contributed by atoms with van der Waals surface area (Å²) in [5.41, 5.74) is 1.81. The minimum absolute atomic E-state index is 0. The summed E-state index contributed by atoms with van der Waals surface area (Å²) in [5.74, 6) is 4.30. The highest BCUT2D eigenvalue weighted by Gasteiger charge is 2.53. The Morgan fingerprint density at radius 1 is 1.06 bits per heavy atom. The molecule has 0 N–H and O–H groups in total. The summed E-state index contributed by atoms with van der Waals surface area (Å²) in [6.45, 7) is 12.3. The first-order valence-corrected chi connectivity index (χ1v) is 13.1. The smallest absolute Gasteiger partial charge is 0.161 e. The van der Waals surface area contributed by atoms with Crippen LogP contribution >= 0.6 is 15.9 Å². The number of nitrogens with zero attached hydrogens (tertiary/aromatic N) is 1. The van der Waals surface area contributed by atoms with Crippen molar-refractivity contribution < 1.29 is 40.4 Å². The normalized spacial score (nSPS) is 27.2. The second kappa shape index (κ2) is 11.6. The molecule has 1 saturated heterocycles. The second-order valence-corrected chi connectivity index (χ2v) is 11.5. The van der Waals surface area contributed by atoms with Crippen molar-refractivity contribution in [2.45, 2.75) is 46.1 Å². The molecule has 1 aliphatic heterocycles. The Balaban J connectivity index is 0.00000306. The molecule has 3 aliphatic carbocycles. The van der Waals surface area contributed by atoms with Crippen molar-refractivity contribution in [2.24, 2.45) is 23.2 Å². The number of quaternary nitrogens is 1. The Morgan fingerprint density at radius 3 is 2.39 bits per heavy atom. The van der Waals surface area contributed by atoms with E-state index in [2.05, 4.69) is 35.8 Å². The summed E-state index contributed by atoms with van der Waals surface area (Å²) in [5, 5.41) is 0. The van der Waals surface area contributed by atoms with Gasteiger partial charge in [-0.3, -0.25) is 0 Å². The molecule has 7 heteroatoms. The maximum absolute atomic E-state index is 6.23. The van der Waals surface area contributed by atoms with Gasteiger partial charge in [0, 0.05) is 16.6 Å². The van der Waals surface area contributed by atoms with Crippen LogP contribution in [-0.2, 0) is 16.0 Å². The van der Waals surface area contributed by atoms with E-state index in [9.17, 15) is 0 Å². The molecule has 1 aromatic rings. The molecule has 0 radical (unpaired) electrons. The Hall–Kier alpha value is -0.340. The zero-order valence-electron chi connectivity index (χ0n) is 20.7. The molecule has 3 saturated carbocycles. The first-order chi connectivity index (χ1) is 15.4. The fraction of sp³-hybridized carbons (Fsp3) is 0.769. The fourth-order valence-electron chi connectivity index (χ4n) is 6.47. The van der Waals surface area contributed by atoms with Gasteiger partial charge in [-0.1, -0.05) is 29.8 Å². The number of halogens is 2. The highest BCUT2D eigenvalue weighted by Crippen LogP contribution is 2.61. The van der Waals surface area contributed by atoms with Gasteiger partial charge in [-0.05, 0) is 61.0 Å². The minimum Gasteiger partial charge on any atom is -1.00 e. The number of ether oxygens (including phenoxy) is 4. The molecule has 5 rings (SSSR count). The summed E-state index contributed by atoms with van der Waals surface area (Å²) in [6.07, 6.45) is 5.52. The third-order valence-corrected chi connectivity index (χ3v) is 9.56. The molecular weight excluding hydrogens is 550 g/mol. The van der Waals surface area contributed by atoms with E-state index in [1.807, 2.05) is 6.07 Å². The number of fused-ring (bicyclic) bond motifs is 2. The molecule has 0 amide bonds. The van der Waals surface area contributed by atoms with Gasteiger partial charge in [-0.2, -0.15) is 0 Å². The van der Waals surface area contributed by atoms with Crippen LogP contribution in [0.25, 0.3) is 0 Å². The lowest BCUT2D eigenvalue weighted by Gasteiger charge is -2.60. The van der Waals surface area contributed by atoms with Crippen LogP contribution < -0.4 is 26.5 Å². The molecule has 3 atom stereocenters. The van der Waals surface area contributed by atoms with E-state index in [1.54, 1.807) is 14.2 Å². The molecule has 5 nitrogen and oxygen atoms in total. The van der Waals surface area contributed by atoms with Crippen LogP contribution in [0.4, 0.5) is 0 Å². The van der Waals surface area contributed by atoms with Gasteiger partial charge in [0.15, 0.2) is 11.5 Å². The average molecular weight is 591 g/mol. The maximum Gasteiger partial charge on any atom is 0.161 e. The number of methoxy groups -OCH3 is 2. The zero-order valence-corrected chi connectivity index (χ0v) is 23.9. The third kappa shape index (κ3) is 5.91. The standard InChI is InChI=1S/C26H41BrNO4.BrH/c1-26(2)21-6-5-19(22(26)16-21)7-11-31-12-8-28(9-13-32-14-10-28)18-20-15-24(29-3)25(30-4)17-23(20)27;/h15,17,19,21-22H,5-14,16,18H2,1-4H3;1H/q+1;/p-1/t19-,21+,22+;/m0./s1. The topological polar surface area (TPSA) is 36.9 Å². The SMILES string of the molecule is COc1cc(Br)c(C[N+]2(CCOCC[C@@H]3CC[C@@H]4C[C@H]3C4(C)C)CCOCC2)cc1OC.[Br-]. The third-order valence-electron chi connectivity index (χ3n) is 8.82. The van der Waals surface area contributed by atoms with Crippen LogP contribution in [-0.4, -0.2) is 64.8 Å². The monoisotopic (exact) mass is 589 g/mol. The van der Waals surface area contributed by atoms with Crippen LogP contribution in [0.1, 0.15) is 45.1 Å². The van der Waals surface area contributed by atoms with E-state index in [0.29, 0.717) is 5.41 Å². The molecule has 4 fully saturated rings. The molecule has 2 bridgehead atoms. The summed E-state index contributed by atoms with van der Waals surface area (Å²) >= 11 is 3.75. The first-order valence-electron chi connectivity index (χ1n) is 12.3. The van der Waals surface area contributed by atoms with Gasteiger partial charge in [0.1, 0.15) is 26.2 Å². The number of rotatable bonds is 10. The van der Waals surface area contributed by atoms with Gasteiger partial charge < -0.3 is 40.4 Å². The highest BCUT2D eigenvalue weighted by atomic mass is 79.9. The Kier molecular flexibility index (Phi) is 9.58. The van der Waals surface area contributed by atoms with Crippen LogP contribution in [0.3, 0.4) is 0 Å². The number of benzene rings is 1. The van der Waals surface area contributed by atoms with Gasteiger partial charge in [0.05, 0.1) is 34.0 Å². The number of hydrogen-bond acceptors (Lipinski definition) is 4. The van der Waals surface area contributed by atoms with Crippen molar-refractivity contribution in [3.8, 4) is 11.5 Å². The molecular formula is C26H41Br2NO4. The van der Waals surface area contributed by atoms with Crippen molar-refractivity contribution in [1.29, 1.82) is 0 Å². The second-order valence-electron chi connectivity index (χ2n) is 10.7. The van der Waals surface area contributed by atoms with Crippen molar-refractivity contribution in [3.63, 3.8) is 0 Å². The maximum atomic E-state index is 6.23. The lowest BCUT2D eigenvalue weighted by Crippen LogP contribution is -3.00. The van der Waals surface area contributed by atoms with E-state index in [1.165, 1.54) is 31.2 Å². The molecule has 1 heterocycles. The van der Waals surface area contributed by atoms with Crippen LogP contribution in [0.15, 0.2) is 16.6 Å². The predicted octanol–water partition coefficient (Wildman–Crippen LogP) is 2.30. The quantitative estimate of drug-likeness (QED) is 0.310. The van der Waals surface area contributed by atoms with Crippen molar-refractivity contribution in [1.82, 2.24) is 0 Å². The van der Waals surface area contributed by atoms with Gasteiger partial charge in [-0.25, -0.2) is 0 Å². The van der Waals surface area contributed by atoms with Gasteiger partial charge in [0.2, 0.25) is 0 Å². The van der Waals surface area contributed by atoms with E-state index in [-0.39, 0.29) is 17.0 Å². The van der Waals surface area contributed by atoms with Crippen LogP contribution in [0, 0.1) is 23.2 Å². The molecule has 33 heavy (non-hydrogen) atoms. The van der Waals surface area contributed by atoms with Crippen molar-refractivity contribution >= 4 is 15.9 Å². The summed E-state index contributed by atoms with van der Waals surface area (Å²) < 4.78 is 25.0. The fourth-order valence-corrected chi connectivity index (χ4v) is 6.92. The molecule has 0 unspecified atom stereocenters. The average Bonchev–Trinajstić information content (AvgIpc) is 2.80. The predicted molar refractivity (Wildman–Crippen MR) is 130 cm³/mol. The number of hydrogen-bond donors (Lipinski definition) is 0.